The molecule has 0 bridgehead atoms. The second kappa shape index (κ2) is 4.79. The van der Waals surface area contributed by atoms with Gasteiger partial charge in [-0.15, -0.1) is 0 Å². The van der Waals surface area contributed by atoms with Gasteiger partial charge in [-0.1, -0.05) is 38.2 Å². The number of fused-ring (bicyclic) bond motifs is 1. The van der Waals surface area contributed by atoms with Crippen molar-refractivity contribution in [2.45, 2.75) is 52.4 Å². The van der Waals surface area contributed by atoms with Crippen molar-refractivity contribution in [2.75, 3.05) is 0 Å². The van der Waals surface area contributed by atoms with Crippen LogP contribution in [0.1, 0.15) is 48.9 Å². The summed E-state index contributed by atoms with van der Waals surface area (Å²) in [6.45, 7) is 4.39. The van der Waals surface area contributed by atoms with Gasteiger partial charge in [0, 0.05) is 16.6 Å². The van der Waals surface area contributed by atoms with E-state index in [1.807, 2.05) is 0 Å². The molecular formula is C17H23N. The van der Waals surface area contributed by atoms with E-state index in [4.69, 9.17) is 0 Å². The van der Waals surface area contributed by atoms with Gasteiger partial charge in [0.05, 0.1) is 0 Å². The number of aryl methyl sites for hydroxylation is 2. The minimum absolute atomic E-state index is 0.910. The highest BCUT2D eigenvalue weighted by atomic mass is 14.7. The Morgan fingerprint density at radius 2 is 1.83 bits per heavy atom. The van der Waals surface area contributed by atoms with Crippen molar-refractivity contribution in [2.24, 2.45) is 5.92 Å². The fourth-order valence-corrected chi connectivity index (χ4v) is 3.47. The molecular weight excluding hydrogens is 218 g/mol. The highest BCUT2D eigenvalue weighted by molar-refractivity contribution is 5.84. The molecule has 96 valence electrons. The van der Waals surface area contributed by atoms with Crippen LogP contribution in [-0.2, 0) is 6.42 Å². The quantitative estimate of drug-likeness (QED) is 0.769. The van der Waals surface area contributed by atoms with Crippen LogP contribution in [0.25, 0.3) is 10.9 Å². The number of aromatic amines is 1. The molecule has 1 aromatic carbocycles. The smallest absolute Gasteiger partial charge is 0.0461 e. The molecule has 1 nitrogen and oxygen atoms in total. The first-order valence-electron chi connectivity index (χ1n) is 7.31. The molecule has 0 aliphatic heterocycles. The minimum Gasteiger partial charge on any atom is -0.358 e. The van der Waals surface area contributed by atoms with Crippen LogP contribution in [0.3, 0.4) is 0 Å². The lowest BCUT2D eigenvalue weighted by Crippen LogP contribution is -2.09. The van der Waals surface area contributed by atoms with Crippen molar-refractivity contribution >= 4 is 10.9 Å². The molecule has 18 heavy (non-hydrogen) atoms. The van der Waals surface area contributed by atoms with Crippen molar-refractivity contribution < 1.29 is 0 Å². The predicted molar refractivity (Wildman–Crippen MR) is 78.1 cm³/mol. The molecule has 0 saturated heterocycles. The zero-order valence-electron chi connectivity index (χ0n) is 11.6. The molecule has 0 radical (unpaired) electrons. The Bertz CT molecular complexity index is 544. The number of rotatable bonds is 2. The van der Waals surface area contributed by atoms with E-state index < -0.39 is 0 Å². The maximum atomic E-state index is 3.62. The molecule has 1 N–H and O–H groups in total. The molecule has 2 aromatic rings. The van der Waals surface area contributed by atoms with Crippen LogP contribution in [0.2, 0.25) is 0 Å². The standard InChI is InChI=1S/C17H23N/c1-12-8-13(2)16-11-15(18-17(16)9-12)10-14-6-4-3-5-7-14/h8-9,11,14,18H,3-7,10H2,1-2H3. The Morgan fingerprint density at radius 3 is 2.61 bits per heavy atom. The van der Waals surface area contributed by atoms with Gasteiger partial charge in [0.25, 0.3) is 0 Å². The van der Waals surface area contributed by atoms with E-state index in [9.17, 15) is 0 Å². The first-order valence-corrected chi connectivity index (χ1v) is 7.31. The van der Waals surface area contributed by atoms with Gasteiger partial charge in [0.2, 0.25) is 0 Å². The van der Waals surface area contributed by atoms with Gasteiger partial charge in [-0.3, -0.25) is 0 Å². The van der Waals surface area contributed by atoms with Crippen LogP contribution >= 0.6 is 0 Å². The van der Waals surface area contributed by atoms with Gasteiger partial charge >= 0.3 is 0 Å². The third-order valence-electron chi connectivity index (χ3n) is 4.38. The topological polar surface area (TPSA) is 15.8 Å². The average molecular weight is 241 g/mol. The zero-order chi connectivity index (χ0) is 12.5. The van der Waals surface area contributed by atoms with Gasteiger partial charge in [0.15, 0.2) is 0 Å². The van der Waals surface area contributed by atoms with E-state index in [1.165, 1.54) is 66.2 Å². The number of nitrogens with one attached hydrogen (secondary N) is 1. The predicted octanol–water partition coefficient (Wildman–Crippen LogP) is 4.91. The fourth-order valence-electron chi connectivity index (χ4n) is 3.47. The Balaban J connectivity index is 1.86. The Labute approximate surface area is 110 Å². The molecule has 0 spiro atoms. The molecule has 1 aliphatic carbocycles. The molecule has 1 saturated carbocycles. The molecule has 1 fully saturated rings. The fraction of sp³-hybridized carbons (Fsp3) is 0.529. The summed E-state index contributed by atoms with van der Waals surface area (Å²) in [6.07, 6.45) is 8.40. The maximum Gasteiger partial charge on any atom is 0.0461 e. The molecule has 1 aliphatic rings. The second-order valence-electron chi connectivity index (χ2n) is 6.05. The first-order chi connectivity index (χ1) is 8.72. The molecule has 1 aromatic heterocycles. The Kier molecular flexibility index (Phi) is 3.15. The van der Waals surface area contributed by atoms with Gasteiger partial charge in [-0.25, -0.2) is 0 Å². The SMILES string of the molecule is Cc1cc(C)c2cc(CC3CCCCC3)[nH]c2c1. The molecule has 1 heterocycles. The number of H-pyrrole nitrogens is 1. The number of hydrogen-bond acceptors (Lipinski definition) is 0. The summed E-state index contributed by atoms with van der Waals surface area (Å²) in [5, 5.41) is 1.41. The van der Waals surface area contributed by atoms with E-state index >= 15 is 0 Å². The number of hydrogen-bond donors (Lipinski definition) is 1. The highest BCUT2D eigenvalue weighted by Gasteiger charge is 2.15. The van der Waals surface area contributed by atoms with Crippen LogP contribution in [0, 0.1) is 19.8 Å². The van der Waals surface area contributed by atoms with Gasteiger partial charge in [-0.2, -0.15) is 0 Å². The van der Waals surface area contributed by atoms with Crippen molar-refractivity contribution in [3.63, 3.8) is 0 Å². The minimum atomic E-state index is 0.910. The Hall–Kier alpha value is -1.24. The van der Waals surface area contributed by atoms with E-state index in [0.717, 1.165) is 5.92 Å². The van der Waals surface area contributed by atoms with Crippen LogP contribution in [0.4, 0.5) is 0 Å². The monoisotopic (exact) mass is 241 g/mol. The Morgan fingerprint density at radius 1 is 1.06 bits per heavy atom. The van der Waals surface area contributed by atoms with E-state index in [2.05, 4.69) is 37.0 Å². The summed E-state index contributed by atoms with van der Waals surface area (Å²) in [5.41, 5.74) is 5.51. The van der Waals surface area contributed by atoms with E-state index in [-0.39, 0.29) is 0 Å². The third kappa shape index (κ3) is 2.31. The molecule has 3 rings (SSSR count). The van der Waals surface area contributed by atoms with Crippen molar-refractivity contribution in [3.05, 3.63) is 35.0 Å². The lowest BCUT2D eigenvalue weighted by atomic mass is 9.86. The summed E-state index contributed by atoms with van der Waals surface area (Å²) >= 11 is 0. The van der Waals surface area contributed by atoms with Crippen LogP contribution < -0.4 is 0 Å². The molecule has 0 amide bonds. The summed E-state index contributed by atoms with van der Waals surface area (Å²) in [6, 6.07) is 6.92. The average Bonchev–Trinajstić information content (AvgIpc) is 2.73. The lowest BCUT2D eigenvalue weighted by Gasteiger charge is -2.20. The maximum absolute atomic E-state index is 3.62. The highest BCUT2D eigenvalue weighted by Crippen LogP contribution is 2.28. The summed E-state index contributed by atoms with van der Waals surface area (Å²) < 4.78 is 0. The summed E-state index contributed by atoms with van der Waals surface area (Å²) in [5.74, 6) is 0.910. The van der Waals surface area contributed by atoms with Crippen molar-refractivity contribution in [1.29, 1.82) is 0 Å². The van der Waals surface area contributed by atoms with Gasteiger partial charge < -0.3 is 4.98 Å². The lowest BCUT2D eigenvalue weighted by molar-refractivity contribution is 0.355. The van der Waals surface area contributed by atoms with E-state index in [0.29, 0.717) is 0 Å². The third-order valence-corrected chi connectivity index (χ3v) is 4.38. The zero-order valence-corrected chi connectivity index (χ0v) is 11.6. The van der Waals surface area contributed by atoms with Gasteiger partial charge in [0.1, 0.15) is 0 Å². The molecule has 0 unspecified atom stereocenters. The second-order valence-corrected chi connectivity index (χ2v) is 6.05. The van der Waals surface area contributed by atoms with Gasteiger partial charge in [-0.05, 0) is 49.4 Å². The van der Waals surface area contributed by atoms with Crippen LogP contribution in [0.5, 0.6) is 0 Å². The van der Waals surface area contributed by atoms with Crippen LogP contribution in [-0.4, -0.2) is 4.98 Å². The largest absolute Gasteiger partial charge is 0.358 e. The number of benzene rings is 1. The summed E-state index contributed by atoms with van der Waals surface area (Å²) in [7, 11) is 0. The normalized spacial score (nSPS) is 17.4. The van der Waals surface area contributed by atoms with Crippen molar-refractivity contribution in [1.82, 2.24) is 4.98 Å². The number of aromatic nitrogens is 1. The van der Waals surface area contributed by atoms with Crippen LogP contribution in [0.15, 0.2) is 18.2 Å². The summed E-state index contributed by atoms with van der Waals surface area (Å²) in [4.78, 5) is 3.62. The first kappa shape index (κ1) is 11.8. The molecule has 0 atom stereocenters. The molecule has 1 heteroatoms. The van der Waals surface area contributed by atoms with Crippen molar-refractivity contribution in [3.8, 4) is 0 Å². The van der Waals surface area contributed by atoms with E-state index in [1.54, 1.807) is 0 Å².